The van der Waals surface area contributed by atoms with E-state index in [1.165, 1.54) is 11.3 Å². The fourth-order valence-corrected chi connectivity index (χ4v) is 4.26. The molecule has 2 heterocycles. The van der Waals surface area contributed by atoms with Gasteiger partial charge in [-0.2, -0.15) is 0 Å². The number of amides is 3. The Bertz CT molecular complexity index is 617. The van der Waals surface area contributed by atoms with E-state index < -0.39 is 17.7 Å². The number of primary amides is 1. The summed E-state index contributed by atoms with van der Waals surface area (Å²) in [7, 11) is 0. The third-order valence-corrected chi connectivity index (χ3v) is 5.19. The number of hydrogen-bond donors (Lipinski definition) is 2. The second kappa shape index (κ2) is 5.48. The molecule has 0 aromatic carbocycles. The Balaban J connectivity index is 1.80. The highest BCUT2D eigenvalue weighted by atomic mass is 32.1. The molecule has 1 saturated heterocycles. The van der Waals surface area contributed by atoms with Gasteiger partial charge in [0.2, 0.25) is 0 Å². The maximum atomic E-state index is 12.1. The van der Waals surface area contributed by atoms with Crippen LogP contribution >= 0.6 is 11.3 Å². The number of carbonyl (C=O) groups excluding carboxylic acids is 3. The number of nitrogens with one attached hydrogen (secondary N) is 1. The summed E-state index contributed by atoms with van der Waals surface area (Å²) < 4.78 is 0. The fourth-order valence-electron chi connectivity index (χ4n) is 2.97. The molecule has 0 bridgehead atoms. The number of thiophene rings is 1. The van der Waals surface area contributed by atoms with Gasteiger partial charge in [0.15, 0.2) is 0 Å². The van der Waals surface area contributed by atoms with Crippen LogP contribution in [0.25, 0.3) is 0 Å². The molecule has 6 nitrogen and oxygen atoms in total. The van der Waals surface area contributed by atoms with Gasteiger partial charge in [0.25, 0.3) is 5.91 Å². The summed E-state index contributed by atoms with van der Waals surface area (Å²) in [5, 5.41) is 3.01. The first-order chi connectivity index (χ1) is 10.1. The van der Waals surface area contributed by atoms with Crippen LogP contribution in [0, 0.1) is 0 Å². The quantitative estimate of drug-likeness (QED) is 0.795. The summed E-state index contributed by atoms with van der Waals surface area (Å²) in [5.41, 5.74) is 6.75. The predicted molar refractivity (Wildman–Crippen MR) is 79.3 cm³/mol. The zero-order chi connectivity index (χ0) is 15.0. The Morgan fingerprint density at radius 2 is 1.81 bits per heavy atom. The van der Waals surface area contributed by atoms with Crippen LogP contribution in [0.3, 0.4) is 0 Å². The molecule has 3 amide bonds. The molecule has 0 radical (unpaired) electrons. The molecular weight excluding hydrogens is 290 g/mol. The van der Waals surface area contributed by atoms with Gasteiger partial charge in [0, 0.05) is 18.0 Å². The fraction of sp³-hybridized carbons (Fsp3) is 0.500. The first-order valence-corrected chi connectivity index (χ1v) is 7.94. The SMILES string of the molecule is NC(=O)c1c(NC(=O)C(=O)N2CCCC2)sc2c1CCC2. The van der Waals surface area contributed by atoms with Crippen LogP contribution < -0.4 is 11.1 Å². The summed E-state index contributed by atoms with van der Waals surface area (Å²) in [4.78, 5) is 38.3. The van der Waals surface area contributed by atoms with Crippen LogP contribution in [-0.4, -0.2) is 35.7 Å². The molecule has 3 N–H and O–H groups in total. The number of nitrogens with zero attached hydrogens (tertiary/aromatic N) is 1. The molecule has 3 rings (SSSR count). The number of anilines is 1. The largest absolute Gasteiger partial charge is 0.365 e. The topological polar surface area (TPSA) is 92.5 Å². The van der Waals surface area contributed by atoms with Crippen molar-refractivity contribution >= 4 is 34.1 Å². The maximum absolute atomic E-state index is 12.1. The molecule has 0 atom stereocenters. The van der Waals surface area contributed by atoms with Crippen molar-refractivity contribution < 1.29 is 14.4 Å². The van der Waals surface area contributed by atoms with Crippen LogP contribution in [0.4, 0.5) is 5.00 Å². The lowest BCUT2D eigenvalue weighted by atomic mass is 10.1. The molecule has 21 heavy (non-hydrogen) atoms. The zero-order valence-corrected chi connectivity index (χ0v) is 12.4. The van der Waals surface area contributed by atoms with Gasteiger partial charge in [-0.25, -0.2) is 0 Å². The smallest absolute Gasteiger partial charge is 0.314 e. The summed E-state index contributed by atoms with van der Waals surface area (Å²) in [6, 6.07) is 0. The van der Waals surface area contributed by atoms with Crippen LogP contribution in [0.15, 0.2) is 0 Å². The molecule has 7 heteroatoms. The second-order valence-electron chi connectivity index (χ2n) is 5.38. The standard InChI is InChI=1S/C14H17N3O3S/c15-11(18)10-8-4-3-5-9(8)21-13(10)16-12(19)14(20)17-6-1-2-7-17/h1-7H2,(H2,15,18)(H,16,19). The highest BCUT2D eigenvalue weighted by Crippen LogP contribution is 2.38. The Morgan fingerprint density at radius 3 is 2.48 bits per heavy atom. The molecule has 0 saturated carbocycles. The Kier molecular flexibility index (Phi) is 3.67. The second-order valence-corrected chi connectivity index (χ2v) is 6.48. The monoisotopic (exact) mass is 307 g/mol. The van der Waals surface area contributed by atoms with Crippen LogP contribution in [0.2, 0.25) is 0 Å². The van der Waals surface area contributed by atoms with Gasteiger partial charge in [0.1, 0.15) is 5.00 Å². The lowest BCUT2D eigenvalue weighted by Crippen LogP contribution is -2.37. The minimum absolute atomic E-state index is 0.384. The van der Waals surface area contributed by atoms with Crippen molar-refractivity contribution in [3.63, 3.8) is 0 Å². The van der Waals surface area contributed by atoms with Crippen molar-refractivity contribution in [3.8, 4) is 0 Å². The molecule has 1 aliphatic heterocycles. The van der Waals surface area contributed by atoms with Crippen LogP contribution in [0.5, 0.6) is 0 Å². The van der Waals surface area contributed by atoms with Gasteiger partial charge >= 0.3 is 11.8 Å². The van der Waals surface area contributed by atoms with E-state index in [2.05, 4.69) is 5.32 Å². The van der Waals surface area contributed by atoms with E-state index in [1.807, 2.05) is 0 Å². The highest BCUT2D eigenvalue weighted by Gasteiger charge is 2.29. The number of hydrogen-bond acceptors (Lipinski definition) is 4. The van der Waals surface area contributed by atoms with E-state index in [-0.39, 0.29) is 0 Å². The summed E-state index contributed by atoms with van der Waals surface area (Å²) in [6.07, 6.45) is 4.57. The Morgan fingerprint density at radius 1 is 1.10 bits per heavy atom. The minimum Gasteiger partial charge on any atom is -0.365 e. The number of likely N-dealkylation sites (tertiary alicyclic amines) is 1. The lowest BCUT2D eigenvalue weighted by molar-refractivity contribution is -0.142. The number of fused-ring (bicyclic) bond motifs is 1. The normalized spacial score (nSPS) is 16.9. The van der Waals surface area contributed by atoms with Crippen molar-refractivity contribution in [2.24, 2.45) is 5.73 Å². The third-order valence-electron chi connectivity index (χ3n) is 3.98. The molecule has 0 unspecified atom stereocenters. The molecule has 1 aromatic rings. The Labute approximate surface area is 126 Å². The van der Waals surface area contributed by atoms with E-state index in [4.69, 9.17) is 5.73 Å². The molecule has 1 aliphatic carbocycles. The average Bonchev–Trinajstić information content (AvgIpc) is 3.13. The first-order valence-electron chi connectivity index (χ1n) is 7.12. The van der Waals surface area contributed by atoms with E-state index >= 15 is 0 Å². The summed E-state index contributed by atoms with van der Waals surface area (Å²) in [6.45, 7) is 1.24. The van der Waals surface area contributed by atoms with E-state index in [9.17, 15) is 14.4 Å². The van der Waals surface area contributed by atoms with Gasteiger partial charge in [-0.15, -0.1) is 11.3 Å². The van der Waals surface area contributed by atoms with Gasteiger partial charge in [-0.1, -0.05) is 0 Å². The third kappa shape index (κ3) is 2.53. The minimum atomic E-state index is -0.681. The molecule has 1 fully saturated rings. The van der Waals surface area contributed by atoms with Crippen molar-refractivity contribution in [2.75, 3.05) is 18.4 Å². The molecule has 1 aromatic heterocycles. The van der Waals surface area contributed by atoms with E-state index in [0.717, 1.165) is 42.5 Å². The number of carbonyl (C=O) groups is 3. The number of aryl methyl sites for hydroxylation is 1. The number of rotatable bonds is 2. The van der Waals surface area contributed by atoms with Gasteiger partial charge in [-0.05, 0) is 37.7 Å². The van der Waals surface area contributed by atoms with Gasteiger partial charge in [0.05, 0.1) is 5.56 Å². The van der Waals surface area contributed by atoms with Crippen LogP contribution in [-0.2, 0) is 22.4 Å². The van der Waals surface area contributed by atoms with Crippen molar-refractivity contribution in [2.45, 2.75) is 32.1 Å². The molecule has 0 spiro atoms. The lowest BCUT2D eigenvalue weighted by Gasteiger charge is -2.14. The first kappa shape index (κ1) is 14.1. The average molecular weight is 307 g/mol. The molecular formula is C14H17N3O3S. The van der Waals surface area contributed by atoms with Crippen molar-refractivity contribution in [3.05, 3.63) is 16.0 Å². The predicted octanol–water partition coefficient (Wildman–Crippen LogP) is 0.897. The molecule has 2 aliphatic rings. The van der Waals surface area contributed by atoms with Gasteiger partial charge in [-0.3, -0.25) is 14.4 Å². The highest BCUT2D eigenvalue weighted by molar-refractivity contribution is 7.17. The maximum Gasteiger partial charge on any atom is 0.314 e. The summed E-state index contributed by atoms with van der Waals surface area (Å²) in [5.74, 6) is -1.76. The van der Waals surface area contributed by atoms with Crippen molar-refractivity contribution in [1.82, 2.24) is 4.90 Å². The van der Waals surface area contributed by atoms with Crippen molar-refractivity contribution in [1.29, 1.82) is 0 Å². The van der Waals surface area contributed by atoms with Crippen LogP contribution in [0.1, 0.15) is 40.1 Å². The zero-order valence-electron chi connectivity index (χ0n) is 11.6. The van der Waals surface area contributed by atoms with E-state index in [0.29, 0.717) is 23.7 Å². The molecule has 112 valence electrons. The summed E-state index contributed by atoms with van der Waals surface area (Å²) >= 11 is 1.36. The van der Waals surface area contributed by atoms with Gasteiger partial charge < -0.3 is 16.0 Å². The Hall–Kier alpha value is -1.89. The van der Waals surface area contributed by atoms with E-state index in [1.54, 1.807) is 4.90 Å². The number of nitrogens with two attached hydrogens (primary N) is 1.